The van der Waals surface area contributed by atoms with Gasteiger partial charge in [-0.05, 0) is 81.9 Å². The van der Waals surface area contributed by atoms with Crippen LogP contribution in [0.5, 0.6) is 0 Å². The first kappa shape index (κ1) is 34.1. The minimum Gasteiger partial charge on any atom is -0.310 e. The van der Waals surface area contributed by atoms with Crippen LogP contribution in [0.15, 0.2) is 140 Å². The largest absolute Gasteiger partial charge is 0.310 e. The van der Waals surface area contributed by atoms with E-state index in [1.807, 2.05) is 12.4 Å². The van der Waals surface area contributed by atoms with Crippen molar-refractivity contribution in [1.82, 2.24) is 9.97 Å². The van der Waals surface area contributed by atoms with Gasteiger partial charge in [-0.1, -0.05) is 134 Å². The third-order valence-corrected chi connectivity index (χ3v) is 13.9. The van der Waals surface area contributed by atoms with E-state index in [1.165, 1.54) is 67.3 Å². The molecule has 0 atom stereocenters. The van der Waals surface area contributed by atoms with Crippen LogP contribution in [-0.4, -0.2) is 9.97 Å². The lowest BCUT2D eigenvalue weighted by atomic mass is 9.67. The van der Waals surface area contributed by atoms with Crippen molar-refractivity contribution in [2.45, 2.75) is 77.0 Å². The van der Waals surface area contributed by atoms with E-state index < -0.39 is 0 Å². The molecule has 5 aromatic carbocycles. The monoisotopic (exact) mass is 741 g/mol. The third kappa shape index (κ3) is 4.35. The van der Waals surface area contributed by atoms with Crippen LogP contribution in [0.3, 0.4) is 0 Å². The van der Waals surface area contributed by atoms with Crippen molar-refractivity contribution in [3.05, 3.63) is 184 Å². The number of fused-ring (bicyclic) bond motifs is 8. The molecule has 280 valence electrons. The maximum absolute atomic E-state index is 5.12. The van der Waals surface area contributed by atoms with Crippen molar-refractivity contribution in [2.75, 3.05) is 14.7 Å². The molecular weight excluding hydrogens is 695 g/mol. The molecular formula is C52H47N5. The Labute approximate surface area is 336 Å². The van der Waals surface area contributed by atoms with Gasteiger partial charge >= 0.3 is 0 Å². The smallest absolute Gasteiger partial charge is 0.141 e. The van der Waals surface area contributed by atoms with Crippen molar-refractivity contribution in [3.8, 4) is 0 Å². The van der Waals surface area contributed by atoms with Gasteiger partial charge in [-0.3, -0.25) is 9.80 Å². The quantitative estimate of drug-likeness (QED) is 0.180. The maximum atomic E-state index is 5.12. The minimum absolute atomic E-state index is 0.195. The van der Waals surface area contributed by atoms with E-state index in [2.05, 4.69) is 197 Å². The highest BCUT2D eigenvalue weighted by Gasteiger charge is 2.48. The number of nitrogens with zero attached hydrogens (tertiary/aromatic N) is 5. The zero-order chi connectivity index (χ0) is 39.2. The van der Waals surface area contributed by atoms with Gasteiger partial charge in [0.25, 0.3) is 0 Å². The Balaban J connectivity index is 1.15. The second-order valence-electron chi connectivity index (χ2n) is 18.4. The van der Waals surface area contributed by atoms with Crippen LogP contribution >= 0.6 is 0 Å². The highest BCUT2D eigenvalue weighted by Crippen LogP contribution is 2.62. The van der Waals surface area contributed by atoms with Gasteiger partial charge < -0.3 is 4.90 Å². The molecule has 4 aliphatic heterocycles. The van der Waals surface area contributed by atoms with Crippen LogP contribution in [0.25, 0.3) is 0 Å². The van der Waals surface area contributed by atoms with E-state index >= 15 is 0 Å². The van der Waals surface area contributed by atoms with Crippen LogP contribution in [-0.2, 0) is 21.7 Å². The Hall–Kier alpha value is -6.20. The predicted molar refractivity (Wildman–Crippen MR) is 235 cm³/mol. The minimum atomic E-state index is -0.222. The lowest BCUT2D eigenvalue weighted by Gasteiger charge is -2.49. The van der Waals surface area contributed by atoms with Gasteiger partial charge in [0.05, 0.1) is 22.7 Å². The number of para-hydroxylation sites is 3. The molecule has 0 N–H and O–H groups in total. The number of benzene rings is 5. The summed E-state index contributed by atoms with van der Waals surface area (Å²) in [5, 5.41) is 0. The number of pyridine rings is 2. The van der Waals surface area contributed by atoms with E-state index in [0.29, 0.717) is 0 Å². The molecule has 4 aliphatic rings. The zero-order valence-corrected chi connectivity index (χ0v) is 34.0. The van der Waals surface area contributed by atoms with Gasteiger partial charge in [-0.2, -0.15) is 0 Å². The molecule has 0 amide bonds. The number of hydrogen-bond acceptors (Lipinski definition) is 5. The van der Waals surface area contributed by atoms with Crippen molar-refractivity contribution in [2.24, 2.45) is 0 Å². The molecule has 7 aromatic rings. The molecule has 2 aromatic heterocycles. The van der Waals surface area contributed by atoms with E-state index in [0.717, 1.165) is 28.7 Å². The fourth-order valence-corrected chi connectivity index (χ4v) is 10.7. The Morgan fingerprint density at radius 2 is 0.754 bits per heavy atom. The molecule has 0 unspecified atom stereocenters. The lowest BCUT2D eigenvalue weighted by Crippen LogP contribution is -2.38. The van der Waals surface area contributed by atoms with E-state index in [4.69, 9.17) is 9.97 Å². The molecule has 57 heavy (non-hydrogen) atoms. The Morgan fingerprint density at radius 1 is 0.368 bits per heavy atom. The molecule has 0 spiro atoms. The first-order valence-corrected chi connectivity index (χ1v) is 20.3. The maximum Gasteiger partial charge on any atom is 0.141 e. The molecule has 5 nitrogen and oxygen atoms in total. The van der Waals surface area contributed by atoms with Crippen molar-refractivity contribution >= 4 is 51.4 Å². The van der Waals surface area contributed by atoms with E-state index in [1.54, 1.807) is 0 Å². The number of aromatic nitrogens is 2. The van der Waals surface area contributed by atoms with E-state index in [-0.39, 0.29) is 21.7 Å². The molecule has 0 radical (unpaired) electrons. The highest BCUT2D eigenvalue weighted by atomic mass is 15.2. The lowest BCUT2D eigenvalue weighted by molar-refractivity contribution is 0.594. The summed E-state index contributed by atoms with van der Waals surface area (Å²) < 4.78 is 0. The van der Waals surface area contributed by atoms with Crippen molar-refractivity contribution in [3.63, 3.8) is 0 Å². The molecule has 0 saturated heterocycles. The van der Waals surface area contributed by atoms with Gasteiger partial charge in [-0.15, -0.1) is 0 Å². The summed E-state index contributed by atoms with van der Waals surface area (Å²) in [6.07, 6.45) is 3.88. The van der Waals surface area contributed by atoms with Gasteiger partial charge in [0.2, 0.25) is 0 Å². The topological polar surface area (TPSA) is 35.5 Å². The molecule has 5 heteroatoms. The zero-order valence-electron chi connectivity index (χ0n) is 34.0. The molecule has 6 heterocycles. The number of rotatable bonds is 3. The van der Waals surface area contributed by atoms with Crippen LogP contribution in [0.1, 0.15) is 99.9 Å². The van der Waals surface area contributed by atoms with Gasteiger partial charge in [-0.25, -0.2) is 9.97 Å². The van der Waals surface area contributed by atoms with Crippen LogP contribution in [0.4, 0.5) is 51.4 Å². The number of hydrogen-bond donors (Lipinski definition) is 0. The molecule has 0 bridgehead atoms. The average Bonchev–Trinajstić information content (AvgIpc) is 3.21. The Kier molecular flexibility index (Phi) is 6.71. The second-order valence-corrected chi connectivity index (χ2v) is 18.4. The number of anilines is 9. The summed E-state index contributed by atoms with van der Waals surface area (Å²) in [5.74, 6) is 2.01. The van der Waals surface area contributed by atoms with Gasteiger partial charge in [0, 0.05) is 62.2 Å². The van der Waals surface area contributed by atoms with Crippen LogP contribution < -0.4 is 14.7 Å². The summed E-state index contributed by atoms with van der Waals surface area (Å²) in [4.78, 5) is 17.6. The summed E-state index contributed by atoms with van der Waals surface area (Å²) in [6, 6.07) is 47.3. The first-order valence-electron chi connectivity index (χ1n) is 20.3. The first-order chi connectivity index (χ1) is 27.3. The Morgan fingerprint density at radius 3 is 1.18 bits per heavy atom. The molecule has 0 saturated carbocycles. The van der Waals surface area contributed by atoms with Crippen LogP contribution in [0, 0.1) is 0 Å². The summed E-state index contributed by atoms with van der Waals surface area (Å²) in [5.41, 5.74) is 17.7. The second kappa shape index (κ2) is 11.2. The third-order valence-electron chi connectivity index (χ3n) is 13.9. The fourth-order valence-electron chi connectivity index (χ4n) is 10.7. The van der Waals surface area contributed by atoms with Gasteiger partial charge in [0.15, 0.2) is 0 Å². The molecule has 11 rings (SSSR count). The molecule has 0 fully saturated rings. The Bertz CT molecular complexity index is 2630. The standard InChI is InChI=1S/C52H47N5/c1-49(2)35-26-24-33(30-43(35)56-45-37(49)18-12-20-39(45)51(5,6)41-22-14-28-53-47(41)56)55(32-16-10-9-11-17-32)34-25-27-36-44(31-34)57-46-38(50(36,3)4)19-13-21-40(46)52(7,8)42-23-15-29-54-48(42)57/h9-31H,1-8H3. The summed E-state index contributed by atoms with van der Waals surface area (Å²) in [6.45, 7) is 18.8. The van der Waals surface area contributed by atoms with Crippen LogP contribution in [0.2, 0.25) is 0 Å². The predicted octanol–water partition coefficient (Wildman–Crippen LogP) is 13.4. The normalized spacial score (nSPS) is 17.6. The summed E-state index contributed by atoms with van der Waals surface area (Å²) >= 11 is 0. The van der Waals surface area contributed by atoms with Crippen molar-refractivity contribution < 1.29 is 0 Å². The molecule has 0 aliphatic carbocycles. The highest BCUT2D eigenvalue weighted by molar-refractivity contribution is 5.96. The average molecular weight is 742 g/mol. The summed E-state index contributed by atoms with van der Waals surface area (Å²) in [7, 11) is 0. The van der Waals surface area contributed by atoms with Crippen molar-refractivity contribution in [1.29, 1.82) is 0 Å². The van der Waals surface area contributed by atoms with Gasteiger partial charge in [0.1, 0.15) is 11.6 Å². The fraction of sp³-hybridized carbons (Fsp3) is 0.231. The SMILES string of the molecule is CC1(C)c2ccc(N(c3ccccc3)c3ccc4c(c3)N3c5ncccc5C(C)(C)c5cccc(c53)C4(C)C)cc2N2c3ncccc3C(C)(C)c3cccc1c32. The van der Waals surface area contributed by atoms with E-state index in [9.17, 15) is 0 Å².